The molecule has 0 spiro atoms. The molecule has 4 nitrogen and oxygen atoms in total. The van der Waals surface area contributed by atoms with Gasteiger partial charge in [-0.15, -0.1) is 11.3 Å². The summed E-state index contributed by atoms with van der Waals surface area (Å²) in [6.07, 6.45) is 0. The maximum absolute atomic E-state index is 12.9. The van der Waals surface area contributed by atoms with Gasteiger partial charge in [-0.25, -0.2) is 14.2 Å². The Hall–Kier alpha value is -1.95. The number of aryl methyl sites for hydroxylation is 2. The van der Waals surface area contributed by atoms with Crippen molar-refractivity contribution in [3.8, 4) is 0 Å². The predicted molar refractivity (Wildman–Crippen MR) is 68.2 cm³/mol. The molecule has 6 heteroatoms. The van der Waals surface area contributed by atoms with Crippen LogP contribution in [0.3, 0.4) is 0 Å². The summed E-state index contributed by atoms with van der Waals surface area (Å²) in [6.45, 7) is 3.47. The largest absolute Gasteiger partial charge is 0.476 e. The Kier molecular flexibility index (Phi) is 3.29. The smallest absolute Gasteiger partial charge is 0.355 e. The highest BCUT2D eigenvalue weighted by Crippen LogP contribution is 2.27. The van der Waals surface area contributed by atoms with Crippen LogP contribution in [-0.2, 0) is 0 Å². The molecule has 0 aliphatic carbocycles. The summed E-state index contributed by atoms with van der Waals surface area (Å²) >= 11 is 1.25. The Morgan fingerprint density at radius 1 is 1.44 bits per heavy atom. The van der Waals surface area contributed by atoms with Crippen molar-refractivity contribution in [1.29, 1.82) is 0 Å². The topological polar surface area (TPSA) is 62.2 Å². The fraction of sp³-hybridized carbons (Fsp3) is 0.167. The summed E-state index contributed by atoms with van der Waals surface area (Å²) in [5.74, 6) is -1.35. The fourth-order valence-electron chi connectivity index (χ4n) is 1.53. The van der Waals surface area contributed by atoms with Crippen LogP contribution in [0.15, 0.2) is 18.2 Å². The summed E-state index contributed by atoms with van der Waals surface area (Å²) in [5, 5.41) is 12.4. The van der Waals surface area contributed by atoms with Crippen LogP contribution in [0, 0.1) is 19.7 Å². The van der Waals surface area contributed by atoms with Crippen LogP contribution in [-0.4, -0.2) is 16.1 Å². The quantitative estimate of drug-likeness (QED) is 0.894. The highest BCUT2D eigenvalue weighted by molar-refractivity contribution is 7.15. The first kappa shape index (κ1) is 12.5. The second-order valence-corrected chi connectivity index (χ2v) is 5.02. The molecular formula is C12H11FN2O2S. The number of hydrogen-bond acceptors (Lipinski definition) is 4. The number of rotatable bonds is 3. The fourth-order valence-corrected chi connectivity index (χ4v) is 2.35. The van der Waals surface area contributed by atoms with Gasteiger partial charge in [0.05, 0.1) is 0 Å². The molecule has 2 aromatic rings. The van der Waals surface area contributed by atoms with E-state index in [0.29, 0.717) is 15.7 Å². The lowest BCUT2D eigenvalue weighted by atomic mass is 10.2. The van der Waals surface area contributed by atoms with Gasteiger partial charge in [-0.05, 0) is 37.6 Å². The van der Waals surface area contributed by atoms with Crippen LogP contribution in [0.4, 0.5) is 15.2 Å². The Labute approximate surface area is 107 Å². The van der Waals surface area contributed by atoms with E-state index in [-0.39, 0.29) is 11.5 Å². The molecule has 94 valence electrons. The van der Waals surface area contributed by atoms with Crippen molar-refractivity contribution in [3.63, 3.8) is 0 Å². The Balaban J connectivity index is 2.29. The van der Waals surface area contributed by atoms with Crippen molar-refractivity contribution < 1.29 is 14.3 Å². The first-order valence-corrected chi connectivity index (χ1v) is 6.03. The number of carbonyl (C=O) groups is 1. The second-order valence-electron chi connectivity index (χ2n) is 3.81. The molecule has 1 aromatic carbocycles. The molecule has 0 saturated carbocycles. The van der Waals surface area contributed by atoms with E-state index in [9.17, 15) is 9.18 Å². The van der Waals surface area contributed by atoms with Crippen LogP contribution >= 0.6 is 11.3 Å². The predicted octanol–water partition coefficient (Wildman–Crippen LogP) is 3.34. The molecule has 0 unspecified atom stereocenters. The average Bonchev–Trinajstić information content (AvgIpc) is 2.64. The number of halogens is 1. The standard InChI is InChI=1S/C12H11FN2O2S/c1-6-5-8(13)3-4-9(6)14-12-15-10(11(16)17)7(2)18-12/h3-5H,1-2H3,(H,14,15)(H,16,17). The molecule has 1 aromatic heterocycles. The van der Waals surface area contributed by atoms with Gasteiger partial charge in [-0.3, -0.25) is 0 Å². The monoisotopic (exact) mass is 266 g/mol. The molecule has 0 fully saturated rings. The molecular weight excluding hydrogens is 255 g/mol. The van der Waals surface area contributed by atoms with Crippen LogP contribution in [0.1, 0.15) is 20.9 Å². The third-order valence-corrected chi connectivity index (χ3v) is 3.32. The molecule has 0 radical (unpaired) electrons. The van der Waals surface area contributed by atoms with E-state index in [2.05, 4.69) is 10.3 Å². The number of nitrogens with one attached hydrogen (secondary N) is 1. The number of nitrogens with zero attached hydrogens (tertiary/aromatic N) is 1. The SMILES string of the molecule is Cc1cc(F)ccc1Nc1nc(C(=O)O)c(C)s1. The number of aromatic carboxylic acids is 1. The summed E-state index contributed by atoms with van der Waals surface area (Å²) in [6, 6.07) is 4.34. The molecule has 0 saturated heterocycles. The maximum Gasteiger partial charge on any atom is 0.355 e. The number of hydrogen-bond donors (Lipinski definition) is 2. The number of anilines is 2. The summed E-state index contributed by atoms with van der Waals surface area (Å²) in [4.78, 5) is 15.5. The first-order chi connectivity index (χ1) is 8.47. The number of carboxylic acids is 1. The Morgan fingerprint density at radius 3 is 2.72 bits per heavy atom. The van der Waals surface area contributed by atoms with E-state index in [1.54, 1.807) is 19.9 Å². The summed E-state index contributed by atoms with van der Waals surface area (Å²) in [7, 11) is 0. The lowest BCUT2D eigenvalue weighted by Gasteiger charge is -2.05. The average molecular weight is 266 g/mol. The molecule has 0 aliphatic rings. The highest BCUT2D eigenvalue weighted by Gasteiger charge is 2.14. The van der Waals surface area contributed by atoms with Gasteiger partial charge in [-0.1, -0.05) is 0 Å². The van der Waals surface area contributed by atoms with Crippen LogP contribution in [0.2, 0.25) is 0 Å². The lowest BCUT2D eigenvalue weighted by Crippen LogP contribution is -1.99. The van der Waals surface area contributed by atoms with Gasteiger partial charge in [0.15, 0.2) is 10.8 Å². The van der Waals surface area contributed by atoms with Crippen molar-refractivity contribution >= 4 is 28.1 Å². The molecule has 1 heterocycles. The van der Waals surface area contributed by atoms with Crippen molar-refractivity contribution in [2.45, 2.75) is 13.8 Å². The van der Waals surface area contributed by atoms with E-state index in [1.807, 2.05) is 0 Å². The molecule has 2 N–H and O–H groups in total. The van der Waals surface area contributed by atoms with E-state index in [0.717, 1.165) is 5.56 Å². The summed E-state index contributed by atoms with van der Waals surface area (Å²) in [5.41, 5.74) is 1.49. The van der Waals surface area contributed by atoms with E-state index in [1.165, 1.54) is 23.5 Å². The van der Waals surface area contributed by atoms with Crippen LogP contribution < -0.4 is 5.32 Å². The third-order valence-electron chi connectivity index (χ3n) is 2.43. The zero-order chi connectivity index (χ0) is 13.3. The van der Waals surface area contributed by atoms with E-state index in [4.69, 9.17) is 5.11 Å². The van der Waals surface area contributed by atoms with Crippen molar-refractivity contribution in [2.75, 3.05) is 5.32 Å². The number of carboxylic acid groups (broad SMARTS) is 1. The normalized spacial score (nSPS) is 10.4. The molecule has 0 amide bonds. The minimum Gasteiger partial charge on any atom is -0.476 e. The Morgan fingerprint density at radius 2 is 2.17 bits per heavy atom. The van der Waals surface area contributed by atoms with Crippen molar-refractivity contribution in [3.05, 3.63) is 40.2 Å². The van der Waals surface area contributed by atoms with Gasteiger partial charge in [0.2, 0.25) is 0 Å². The Bertz CT molecular complexity index is 610. The zero-order valence-corrected chi connectivity index (χ0v) is 10.6. The number of aromatic nitrogens is 1. The third kappa shape index (κ3) is 2.48. The van der Waals surface area contributed by atoms with Gasteiger partial charge in [0.1, 0.15) is 5.82 Å². The van der Waals surface area contributed by atoms with Gasteiger partial charge in [0, 0.05) is 10.6 Å². The van der Waals surface area contributed by atoms with Gasteiger partial charge < -0.3 is 10.4 Å². The second kappa shape index (κ2) is 4.73. The lowest BCUT2D eigenvalue weighted by molar-refractivity contribution is 0.0690. The minimum absolute atomic E-state index is 0.0438. The van der Waals surface area contributed by atoms with E-state index < -0.39 is 5.97 Å². The molecule has 18 heavy (non-hydrogen) atoms. The first-order valence-electron chi connectivity index (χ1n) is 5.21. The maximum atomic E-state index is 12.9. The molecule has 0 aliphatic heterocycles. The molecule has 0 bridgehead atoms. The number of benzene rings is 1. The van der Waals surface area contributed by atoms with Gasteiger partial charge >= 0.3 is 5.97 Å². The highest BCUT2D eigenvalue weighted by atomic mass is 32.1. The number of thiazole rings is 1. The van der Waals surface area contributed by atoms with Gasteiger partial charge in [0.25, 0.3) is 0 Å². The van der Waals surface area contributed by atoms with Crippen LogP contribution in [0.5, 0.6) is 0 Å². The van der Waals surface area contributed by atoms with Crippen molar-refractivity contribution in [2.24, 2.45) is 0 Å². The van der Waals surface area contributed by atoms with Crippen molar-refractivity contribution in [1.82, 2.24) is 4.98 Å². The zero-order valence-electron chi connectivity index (χ0n) is 9.82. The summed E-state index contributed by atoms with van der Waals surface area (Å²) < 4.78 is 12.9. The molecule has 0 atom stereocenters. The van der Waals surface area contributed by atoms with E-state index >= 15 is 0 Å². The van der Waals surface area contributed by atoms with Gasteiger partial charge in [-0.2, -0.15) is 0 Å². The minimum atomic E-state index is -1.05. The van der Waals surface area contributed by atoms with Crippen LogP contribution in [0.25, 0.3) is 0 Å². The molecule has 2 rings (SSSR count).